The van der Waals surface area contributed by atoms with E-state index < -0.39 is 35.8 Å². The number of aliphatic carboxylic acids is 1. The third-order valence-corrected chi connectivity index (χ3v) is 3.55. The maximum absolute atomic E-state index is 13.9. The van der Waals surface area contributed by atoms with Crippen molar-refractivity contribution in [1.29, 1.82) is 0 Å². The van der Waals surface area contributed by atoms with Crippen LogP contribution in [0.25, 0.3) is 22.3 Å². The molecule has 2 aromatic carbocycles. The number of carbonyl (C=O) groups is 2. The van der Waals surface area contributed by atoms with Gasteiger partial charge in [-0.15, -0.1) is 0 Å². The predicted octanol–water partition coefficient (Wildman–Crippen LogP) is 2.09. The van der Waals surface area contributed by atoms with Gasteiger partial charge in [0.25, 0.3) is 5.91 Å². The quantitative estimate of drug-likeness (QED) is 0.658. The highest BCUT2D eigenvalue weighted by atomic mass is 19.2. The number of benzene rings is 2. The number of amides is 1. The van der Waals surface area contributed by atoms with Crippen LogP contribution in [-0.2, 0) is 4.79 Å². The monoisotopic (exact) mass is 359 g/mol. The minimum Gasteiger partial charge on any atom is -0.507 e. The molecule has 0 fully saturated rings. The molecular formula is C17H11F2N3O4. The van der Waals surface area contributed by atoms with Gasteiger partial charge in [0.15, 0.2) is 11.6 Å². The number of rotatable bonds is 4. The Kier molecular flexibility index (Phi) is 4.44. The Hall–Kier alpha value is -3.62. The second-order valence-electron chi connectivity index (χ2n) is 5.26. The number of aromatic nitrogens is 2. The fraction of sp³-hybridized carbons (Fsp3) is 0.0588. The highest BCUT2D eigenvalue weighted by molar-refractivity contribution is 6.08. The lowest BCUT2D eigenvalue weighted by Crippen LogP contribution is -2.29. The molecule has 0 saturated carbocycles. The summed E-state index contributed by atoms with van der Waals surface area (Å²) in [5, 5.41) is 20.7. The number of phenols is 1. The topological polar surface area (TPSA) is 112 Å². The van der Waals surface area contributed by atoms with Crippen LogP contribution in [0.3, 0.4) is 0 Å². The fourth-order valence-corrected chi connectivity index (χ4v) is 2.37. The van der Waals surface area contributed by atoms with E-state index in [1.807, 2.05) is 0 Å². The summed E-state index contributed by atoms with van der Waals surface area (Å²) in [5.41, 5.74) is -0.193. The predicted molar refractivity (Wildman–Crippen MR) is 86.5 cm³/mol. The number of phenolic OH excluding ortho intramolecular Hbond substituents is 1. The second kappa shape index (κ2) is 6.71. The number of carboxylic acid groups (broad SMARTS) is 1. The number of hydrogen-bond acceptors (Lipinski definition) is 5. The van der Waals surface area contributed by atoms with E-state index in [2.05, 4.69) is 15.3 Å². The van der Waals surface area contributed by atoms with Crippen LogP contribution in [0, 0.1) is 11.6 Å². The van der Waals surface area contributed by atoms with Crippen molar-refractivity contribution in [2.75, 3.05) is 6.54 Å². The maximum Gasteiger partial charge on any atom is 0.322 e. The first-order valence-electron chi connectivity index (χ1n) is 7.31. The lowest BCUT2D eigenvalue weighted by Gasteiger charge is -2.09. The first-order chi connectivity index (χ1) is 12.4. The molecule has 0 saturated heterocycles. The minimum absolute atomic E-state index is 0.00606. The molecule has 0 bridgehead atoms. The summed E-state index contributed by atoms with van der Waals surface area (Å²) >= 11 is 0. The van der Waals surface area contributed by atoms with Gasteiger partial charge in [-0.2, -0.15) is 0 Å². The van der Waals surface area contributed by atoms with E-state index >= 15 is 0 Å². The largest absolute Gasteiger partial charge is 0.507 e. The van der Waals surface area contributed by atoms with E-state index in [0.29, 0.717) is 0 Å². The average molecular weight is 359 g/mol. The minimum atomic E-state index is -1.26. The van der Waals surface area contributed by atoms with Crippen LogP contribution in [0.15, 0.2) is 36.5 Å². The lowest BCUT2D eigenvalue weighted by atomic mass is 10.1. The van der Waals surface area contributed by atoms with Crippen molar-refractivity contribution in [3.05, 3.63) is 53.7 Å². The fourth-order valence-electron chi connectivity index (χ4n) is 2.37. The van der Waals surface area contributed by atoms with E-state index in [0.717, 1.165) is 12.3 Å². The van der Waals surface area contributed by atoms with Gasteiger partial charge in [0.2, 0.25) is 0 Å². The number of nitrogens with one attached hydrogen (secondary N) is 1. The summed E-state index contributed by atoms with van der Waals surface area (Å²) in [4.78, 5) is 30.9. The molecular weight excluding hydrogens is 348 g/mol. The second-order valence-corrected chi connectivity index (χ2v) is 5.26. The van der Waals surface area contributed by atoms with E-state index in [-0.39, 0.29) is 27.9 Å². The Bertz CT molecular complexity index is 1040. The number of nitrogens with zero attached hydrogens (tertiary/aromatic N) is 2. The zero-order chi connectivity index (χ0) is 18.8. The third-order valence-electron chi connectivity index (χ3n) is 3.55. The van der Waals surface area contributed by atoms with Gasteiger partial charge in [0.05, 0.1) is 17.4 Å². The first kappa shape index (κ1) is 17.2. The molecule has 0 aliphatic heterocycles. The van der Waals surface area contributed by atoms with Crippen molar-refractivity contribution >= 4 is 22.9 Å². The van der Waals surface area contributed by atoms with Crippen LogP contribution in [0.4, 0.5) is 8.78 Å². The number of hydrogen-bond donors (Lipinski definition) is 3. The molecule has 1 heterocycles. The van der Waals surface area contributed by atoms with Crippen LogP contribution in [0.2, 0.25) is 0 Å². The molecule has 0 spiro atoms. The molecule has 1 aromatic heterocycles. The Morgan fingerprint density at radius 1 is 1.15 bits per heavy atom. The zero-order valence-corrected chi connectivity index (χ0v) is 13.0. The first-order valence-corrected chi connectivity index (χ1v) is 7.31. The van der Waals surface area contributed by atoms with Crippen LogP contribution < -0.4 is 5.32 Å². The van der Waals surface area contributed by atoms with Crippen LogP contribution in [-0.4, -0.2) is 38.6 Å². The van der Waals surface area contributed by atoms with Gasteiger partial charge in [0, 0.05) is 5.56 Å². The third kappa shape index (κ3) is 3.14. The Labute approximate surface area is 144 Å². The smallest absolute Gasteiger partial charge is 0.322 e. The molecule has 3 aromatic rings. The number of carbonyl (C=O) groups excluding carboxylic acids is 1. The summed E-state index contributed by atoms with van der Waals surface area (Å²) < 4.78 is 27.3. The normalized spacial score (nSPS) is 10.7. The Balaban J connectivity index is 2.10. The number of carboxylic acids is 1. The molecule has 0 unspecified atom stereocenters. The van der Waals surface area contributed by atoms with E-state index in [1.165, 1.54) is 24.3 Å². The number of halogens is 2. The number of aromatic hydroxyl groups is 1. The SMILES string of the molecule is O=C(O)CNC(=O)c1c(O)ccc2nc(-c3cccc(F)c3F)cnc12. The molecule has 132 valence electrons. The van der Waals surface area contributed by atoms with Crippen molar-refractivity contribution < 1.29 is 28.6 Å². The Morgan fingerprint density at radius 2 is 1.92 bits per heavy atom. The highest BCUT2D eigenvalue weighted by Crippen LogP contribution is 2.28. The Morgan fingerprint density at radius 3 is 2.65 bits per heavy atom. The molecule has 9 heteroatoms. The van der Waals surface area contributed by atoms with Gasteiger partial charge in [-0.05, 0) is 24.3 Å². The molecule has 0 atom stereocenters. The van der Waals surface area contributed by atoms with E-state index in [1.54, 1.807) is 0 Å². The van der Waals surface area contributed by atoms with Crippen LogP contribution >= 0.6 is 0 Å². The molecule has 7 nitrogen and oxygen atoms in total. The molecule has 0 aliphatic rings. The molecule has 26 heavy (non-hydrogen) atoms. The molecule has 3 N–H and O–H groups in total. The number of fused-ring (bicyclic) bond motifs is 1. The lowest BCUT2D eigenvalue weighted by molar-refractivity contribution is -0.135. The van der Waals surface area contributed by atoms with E-state index in [9.17, 15) is 23.5 Å². The van der Waals surface area contributed by atoms with Gasteiger partial charge in [0.1, 0.15) is 23.4 Å². The van der Waals surface area contributed by atoms with Crippen molar-refractivity contribution in [3.63, 3.8) is 0 Å². The van der Waals surface area contributed by atoms with Crippen LogP contribution in [0.1, 0.15) is 10.4 Å². The van der Waals surface area contributed by atoms with E-state index in [4.69, 9.17) is 5.11 Å². The summed E-state index contributed by atoms with van der Waals surface area (Å²) in [7, 11) is 0. The summed E-state index contributed by atoms with van der Waals surface area (Å²) in [6, 6.07) is 6.15. The van der Waals surface area contributed by atoms with Crippen molar-refractivity contribution in [2.45, 2.75) is 0 Å². The molecule has 1 amide bonds. The average Bonchev–Trinajstić information content (AvgIpc) is 2.61. The highest BCUT2D eigenvalue weighted by Gasteiger charge is 2.19. The van der Waals surface area contributed by atoms with Gasteiger partial charge >= 0.3 is 5.97 Å². The molecule has 3 rings (SSSR count). The van der Waals surface area contributed by atoms with Crippen LogP contribution in [0.5, 0.6) is 5.75 Å². The van der Waals surface area contributed by atoms with Gasteiger partial charge in [-0.1, -0.05) is 6.07 Å². The molecule has 0 aliphatic carbocycles. The summed E-state index contributed by atoms with van der Waals surface area (Å²) in [6.07, 6.45) is 1.13. The summed E-state index contributed by atoms with van der Waals surface area (Å²) in [6.45, 7) is -0.644. The van der Waals surface area contributed by atoms with Gasteiger partial charge in [-0.25, -0.2) is 13.8 Å². The van der Waals surface area contributed by atoms with Crippen molar-refractivity contribution in [1.82, 2.24) is 15.3 Å². The summed E-state index contributed by atoms with van der Waals surface area (Å²) in [5.74, 6) is -4.65. The van der Waals surface area contributed by atoms with Crippen molar-refractivity contribution in [2.24, 2.45) is 0 Å². The maximum atomic E-state index is 13.9. The van der Waals surface area contributed by atoms with Gasteiger partial charge in [-0.3, -0.25) is 14.6 Å². The van der Waals surface area contributed by atoms with Gasteiger partial charge < -0.3 is 15.5 Å². The standard InChI is InChI=1S/C17H11F2N3O4/c18-9-3-1-2-8(15(9)19)11-6-20-16-10(22-11)4-5-12(23)14(16)17(26)21-7-13(24)25/h1-6,23H,7H2,(H,21,26)(H,24,25). The van der Waals surface area contributed by atoms with Crippen molar-refractivity contribution in [3.8, 4) is 17.0 Å². The zero-order valence-electron chi connectivity index (χ0n) is 13.0. The molecule has 0 radical (unpaired) electrons.